The lowest BCUT2D eigenvalue weighted by molar-refractivity contribution is -0.149. The van der Waals surface area contributed by atoms with Gasteiger partial charge in [0.1, 0.15) is 38.5 Å². The average Bonchev–Trinajstić information content (AvgIpc) is 1.11. The van der Waals surface area contributed by atoms with Gasteiger partial charge in [0, 0.05) is 65.8 Å². The Kier molecular flexibility index (Phi) is 34.6. The third-order valence-corrected chi connectivity index (χ3v) is 15.9. The van der Waals surface area contributed by atoms with Gasteiger partial charge in [0.2, 0.25) is 53.2 Å². The van der Waals surface area contributed by atoms with E-state index in [1.807, 2.05) is 91.0 Å². The van der Waals surface area contributed by atoms with Crippen LogP contribution in [0.4, 0.5) is 0 Å². The van der Waals surface area contributed by atoms with Crippen LogP contribution >= 0.6 is 0 Å². The smallest absolute Gasteiger partial charge is 0.242 e. The fourth-order valence-corrected chi connectivity index (χ4v) is 10.6. The van der Waals surface area contributed by atoms with Crippen molar-refractivity contribution in [3.05, 3.63) is 179 Å². The number of benzene rings is 5. The normalized spacial score (nSPS) is 10.8. The first kappa shape index (κ1) is 76.6. The summed E-state index contributed by atoms with van der Waals surface area (Å²) in [4.78, 5) is 156. The second kappa shape index (κ2) is 42.9. The quantitative estimate of drug-likeness (QED) is 0.0401. The maximum atomic E-state index is 15.2. The van der Waals surface area contributed by atoms with Crippen LogP contribution in [0.25, 0.3) is 0 Å². The molecule has 5 rings (SSSR count). The predicted octanol–water partition coefficient (Wildman–Crippen LogP) is 4.01. The zero-order chi connectivity index (χ0) is 68.7. The van der Waals surface area contributed by atoms with Gasteiger partial charge in [-0.25, -0.2) is 0 Å². The Morgan fingerprint density at radius 1 is 0.242 bits per heavy atom. The van der Waals surface area contributed by atoms with E-state index in [4.69, 9.17) is 22.9 Å². The fraction of sp³-hybridized carbons (Fsp3) is 0.444. The minimum atomic E-state index is -0.617. The Labute approximate surface area is 560 Å². The Morgan fingerprint density at radius 3 is 0.621 bits per heavy atom. The number of ketones is 1. The van der Waals surface area contributed by atoms with Crippen LogP contribution in [0.2, 0.25) is 0 Å². The number of hydrogen-bond acceptors (Lipinski definition) is 14. The van der Waals surface area contributed by atoms with Gasteiger partial charge in [-0.1, -0.05) is 152 Å². The number of nitrogens with zero attached hydrogens (tertiary/aromatic N) is 9. The van der Waals surface area contributed by atoms with Crippen LogP contribution < -0.4 is 22.9 Å². The van der Waals surface area contributed by atoms with Crippen molar-refractivity contribution < 1.29 is 47.9 Å². The third-order valence-electron chi connectivity index (χ3n) is 15.9. The maximum Gasteiger partial charge on any atom is 0.242 e. The molecule has 0 aliphatic carbocycles. The summed E-state index contributed by atoms with van der Waals surface area (Å²) < 4.78 is 0. The number of hydrogen-bond donors (Lipinski definition) is 4. The average molecular weight is 1310 g/mol. The Hall–Kier alpha value is -9.16. The lowest BCUT2D eigenvalue weighted by Gasteiger charge is -2.33. The highest BCUT2D eigenvalue weighted by atomic mass is 16.2. The first-order valence-electron chi connectivity index (χ1n) is 32.9. The first-order valence-corrected chi connectivity index (χ1v) is 32.9. The molecule has 0 saturated carbocycles. The van der Waals surface area contributed by atoms with Crippen LogP contribution in [-0.2, 0) is 80.7 Å². The number of rotatable bonds is 44. The fourth-order valence-electron chi connectivity index (χ4n) is 10.6. The molecule has 0 atom stereocenters. The predicted molar refractivity (Wildman–Crippen MR) is 365 cm³/mol. The number of Topliss-reactive ketones (excluding diaryl/α,β-unsaturated/α-hetero) is 1. The first-order chi connectivity index (χ1) is 45.9. The molecule has 95 heavy (non-hydrogen) atoms. The van der Waals surface area contributed by atoms with Gasteiger partial charge in [-0.3, -0.25) is 47.9 Å². The van der Waals surface area contributed by atoms with Crippen molar-refractivity contribution in [3.8, 4) is 0 Å². The van der Waals surface area contributed by atoms with Gasteiger partial charge in [0.15, 0.2) is 0 Å². The van der Waals surface area contributed by atoms with Crippen molar-refractivity contribution >= 4 is 58.9 Å². The van der Waals surface area contributed by atoms with E-state index < -0.39 is 86.5 Å². The number of carbonyl (C=O) groups is 10. The minimum absolute atomic E-state index is 0.0210. The zero-order valence-electron chi connectivity index (χ0n) is 55.6. The van der Waals surface area contributed by atoms with E-state index >= 15 is 9.59 Å². The highest BCUT2D eigenvalue weighted by Gasteiger charge is 2.32. The van der Waals surface area contributed by atoms with E-state index in [0.29, 0.717) is 94.2 Å². The standard InChI is InChI=1S/C72H99N13O10/c1-58(86)44-77(40-22-18-36-73)66(89)54-82(46-61-28-10-4-11-29-61)70(93)51-79(42-24-20-38-75)68(91)56-84(48-63-32-14-6-15-33-63)72(95)57-85(49-64-34-16-7-17-35-64)71(94)52-80(43-25-21-39-76)67(90)55-83(47-62-30-12-5-13-31-62)69(92)50-78(41-23-19-37-74)65(88)53-81(59(2)87)45-60-26-8-3-9-27-60/h3-17,26-35H,18-25,36-57,73-76H2,1-2H3. The number of nitrogens with two attached hydrogens (primary N) is 4. The van der Waals surface area contributed by atoms with Crippen molar-refractivity contribution in [2.45, 2.75) is 97.9 Å². The molecule has 9 amide bonds. The molecule has 23 nitrogen and oxygen atoms in total. The second-order valence-corrected chi connectivity index (χ2v) is 23.7. The van der Waals surface area contributed by atoms with Gasteiger partial charge in [-0.05, 0) is 112 Å². The summed E-state index contributed by atoms with van der Waals surface area (Å²) in [6.45, 7) is 0.916. The van der Waals surface area contributed by atoms with Crippen molar-refractivity contribution in [2.24, 2.45) is 22.9 Å². The van der Waals surface area contributed by atoms with Crippen molar-refractivity contribution in [1.82, 2.24) is 44.1 Å². The molecule has 5 aromatic rings. The molecule has 0 aliphatic heterocycles. The highest BCUT2D eigenvalue weighted by Crippen LogP contribution is 2.16. The largest absolute Gasteiger partial charge is 0.334 e. The molecule has 512 valence electrons. The summed E-state index contributed by atoms with van der Waals surface area (Å²) in [5.41, 5.74) is 27.1. The number of unbranched alkanes of at least 4 members (excludes halogenated alkanes) is 4. The molecular formula is C72H99N13O10. The van der Waals surface area contributed by atoms with Crippen LogP contribution in [-0.4, -0.2) is 214 Å². The third kappa shape index (κ3) is 28.5. The number of amides is 9. The Morgan fingerprint density at radius 2 is 0.421 bits per heavy atom. The van der Waals surface area contributed by atoms with E-state index in [2.05, 4.69) is 0 Å². The maximum absolute atomic E-state index is 15.2. The molecule has 0 radical (unpaired) electrons. The van der Waals surface area contributed by atoms with E-state index in [9.17, 15) is 38.4 Å². The molecule has 0 fully saturated rings. The molecule has 0 aromatic heterocycles. The summed E-state index contributed by atoms with van der Waals surface area (Å²) in [6.07, 6.45) is 4.02. The van der Waals surface area contributed by atoms with Crippen LogP contribution in [0, 0.1) is 0 Å². The lowest BCUT2D eigenvalue weighted by Crippen LogP contribution is -2.52. The van der Waals surface area contributed by atoms with E-state index in [-0.39, 0.29) is 90.2 Å². The summed E-state index contributed by atoms with van der Waals surface area (Å²) in [5.74, 6) is -4.96. The van der Waals surface area contributed by atoms with Crippen LogP contribution in [0.15, 0.2) is 152 Å². The van der Waals surface area contributed by atoms with Crippen molar-refractivity contribution in [3.63, 3.8) is 0 Å². The van der Waals surface area contributed by atoms with Crippen LogP contribution in [0.1, 0.15) is 93.0 Å². The Bertz CT molecular complexity index is 3170. The van der Waals surface area contributed by atoms with E-state index in [1.54, 1.807) is 60.7 Å². The van der Waals surface area contributed by atoms with Crippen LogP contribution in [0.3, 0.4) is 0 Å². The van der Waals surface area contributed by atoms with Gasteiger partial charge in [0.05, 0.1) is 26.2 Å². The van der Waals surface area contributed by atoms with Gasteiger partial charge >= 0.3 is 0 Å². The molecule has 0 saturated heterocycles. The molecule has 23 heteroatoms. The molecule has 5 aromatic carbocycles. The van der Waals surface area contributed by atoms with Crippen LogP contribution in [0.5, 0.6) is 0 Å². The molecule has 8 N–H and O–H groups in total. The van der Waals surface area contributed by atoms with Crippen molar-refractivity contribution in [2.75, 3.05) is 111 Å². The summed E-state index contributed by atoms with van der Waals surface area (Å²) in [7, 11) is 0. The lowest BCUT2D eigenvalue weighted by atomic mass is 10.2. The second-order valence-electron chi connectivity index (χ2n) is 23.7. The van der Waals surface area contributed by atoms with Gasteiger partial charge in [-0.15, -0.1) is 0 Å². The molecule has 0 unspecified atom stereocenters. The van der Waals surface area contributed by atoms with Crippen molar-refractivity contribution in [1.29, 1.82) is 0 Å². The molecule has 0 heterocycles. The van der Waals surface area contributed by atoms with E-state index in [0.717, 1.165) is 11.1 Å². The molecule has 0 aliphatic rings. The molecular weight excluding hydrogens is 1210 g/mol. The SMILES string of the molecule is CC(=O)CN(CCCCN)C(=O)CN(Cc1ccccc1)C(=O)CN(CCCCN)C(=O)CN(Cc1ccccc1)C(=O)CN(Cc1ccccc1)C(=O)CN(CCCCN)C(=O)CN(Cc1ccccc1)C(=O)CN(CCCCN)C(=O)CN(Cc1ccccc1)C(C)=O. The Balaban J connectivity index is 1.45. The molecule has 0 bridgehead atoms. The van der Waals surface area contributed by atoms with Gasteiger partial charge in [-0.2, -0.15) is 0 Å². The van der Waals surface area contributed by atoms with Gasteiger partial charge < -0.3 is 67.0 Å². The zero-order valence-corrected chi connectivity index (χ0v) is 55.6. The monoisotopic (exact) mass is 1310 g/mol. The minimum Gasteiger partial charge on any atom is -0.334 e. The summed E-state index contributed by atoms with van der Waals surface area (Å²) in [6, 6.07) is 45.4. The van der Waals surface area contributed by atoms with Gasteiger partial charge in [0.25, 0.3) is 0 Å². The summed E-state index contributed by atoms with van der Waals surface area (Å²) >= 11 is 0. The highest BCUT2D eigenvalue weighted by molar-refractivity contribution is 5.94. The number of carbonyl (C=O) groups excluding carboxylic acids is 10. The topological polar surface area (TPSA) is 304 Å². The summed E-state index contributed by atoms with van der Waals surface area (Å²) in [5, 5.41) is 0. The molecule has 0 spiro atoms. The van der Waals surface area contributed by atoms with E-state index in [1.165, 1.54) is 57.9 Å².